The smallest absolute Gasteiger partial charge is 0.304 e. The lowest BCUT2D eigenvalue weighted by atomic mass is 9.96. The van der Waals surface area contributed by atoms with Crippen molar-refractivity contribution in [1.29, 1.82) is 0 Å². The van der Waals surface area contributed by atoms with E-state index >= 15 is 0 Å². The number of hydrogen-bond acceptors (Lipinski definition) is 4. The van der Waals surface area contributed by atoms with Gasteiger partial charge in [-0.3, -0.25) is 14.4 Å². The topological polar surface area (TPSA) is 92.7 Å². The number of amides is 1. The molecule has 0 spiro atoms. The fourth-order valence-corrected chi connectivity index (χ4v) is 6.66. The normalized spacial score (nSPS) is 11.8. The number of unbranched alkanes of at least 4 members (excludes halogenated alkanes) is 20. The molecule has 50 heavy (non-hydrogen) atoms. The lowest BCUT2D eigenvalue weighted by molar-refractivity contribution is -0.141. The highest BCUT2D eigenvalue weighted by Gasteiger charge is 2.21. The summed E-state index contributed by atoms with van der Waals surface area (Å²) in [4.78, 5) is 36.9. The fourth-order valence-electron chi connectivity index (χ4n) is 6.66. The Kier molecular flexibility index (Phi) is 25.7. The second kappa shape index (κ2) is 29.7. The fraction of sp³-hybridized carbons (Fsp3) is 0.659. The number of carbonyl (C=O) groups excluding carboxylic acids is 2. The third-order valence-corrected chi connectivity index (χ3v) is 9.77. The predicted molar refractivity (Wildman–Crippen MR) is 207 cm³/mol. The summed E-state index contributed by atoms with van der Waals surface area (Å²) in [6, 6.07) is 17.1. The second-order valence-corrected chi connectivity index (χ2v) is 14.2. The van der Waals surface area contributed by atoms with Gasteiger partial charge in [0.1, 0.15) is 0 Å². The minimum Gasteiger partial charge on any atom is -0.481 e. The molecule has 0 saturated carbocycles. The maximum Gasteiger partial charge on any atom is 0.304 e. The van der Waals surface area contributed by atoms with Crippen LogP contribution in [0.25, 0.3) is 0 Å². The summed E-state index contributed by atoms with van der Waals surface area (Å²) in [5.74, 6) is -1.33. The maximum absolute atomic E-state index is 12.9. The summed E-state index contributed by atoms with van der Waals surface area (Å²) in [6.07, 6.45) is 27.4. The van der Waals surface area contributed by atoms with Crippen molar-refractivity contribution in [3.8, 4) is 0 Å². The number of nitrogens with one attached hydrogen (secondary N) is 1. The summed E-state index contributed by atoms with van der Waals surface area (Å²) >= 11 is 0. The van der Waals surface area contributed by atoms with Gasteiger partial charge < -0.3 is 15.2 Å². The quantitative estimate of drug-likeness (QED) is 0.0574. The van der Waals surface area contributed by atoms with Gasteiger partial charge in [-0.25, -0.2) is 0 Å². The summed E-state index contributed by atoms with van der Waals surface area (Å²) in [5.41, 5.74) is 2.36. The Labute approximate surface area is 304 Å². The minimum absolute atomic E-state index is 0.0399. The van der Waals surface area contributed by atoms with Gasteiger partial charge in [-0.2, -0.15) is 0 Å². The highest BCUT2D eigenvalue weighted by molar-refractivity contribution is 6.09. The molecule has 0 aliphatic carbocycles. The number of aliphatic carboxylic acids is 1. The van der Waals surface area contributed by atoms with E-state index in [1.165, 1.54) is 103 Å². The molecule has 2 aromatic carbocycles. The molecule has 0 heterocycles. The zero-order chi connectivity index (χ0) is 35.9. The molecule has 0 bridgehead atoms. The van der Waals surface area contributed by atoms with Crippen LogP contribution in [0.5, 0.6) is 0 Å². The number of carboxylic acid groups (broad SMARTS) is 1. The van der Waals surface area contributed by atoms with Gasteiger partial charge in [0, 0.05) is 30.2 Å². The molecule has 2 rings (SSSR count). The van der Waals surface area contributed by atoms with Crippen LogP contribution in [0.1, 0.15) is 183 Å². The number of hydrogen-bond donors (Lipinski definition) is 2. The van der Waals surface area contributed by atoms with E-state index in [9.17, 15) is 19.5 Å². The highest BCUT2D eigenvalue weighted by atomic mass is 16.5. The number of carbonyl (C=O) groups is 3. The Morgan fingerprint density at radius 2 is 1.12 bits per heavy atom. The molecular formula is C44H69NO5. The van der Waals surface area contributed by atoms with Gasteiger partial charge in [-0.1, -0.05) is 190 Å². The number of ketones is 1. The van der Waals surface area contributed by atoms with Crippen LogP contribution >= 0.6 is 0 Å². The monoisotopic (exact) mass is 692 g/mol. The molecule has 0 saturated heterocycles. The first kappa shape index (κ1) is 43.2. The number of carboxylic acids is 1. The van der Waals surface area contributed by atoms with Crippen molar-refractivity contribution in [2.24, 2.45) is 5.92 Å². The summed E-state index contributed by atoms with van der Waals surface area (Å²) in [6.45, 7) is 4.07. The third-order valence-electron chi connectivity index (χ3n) is 9.77. The van der Waals surface area contributed by atoms with E-state index in [-0.39, 0.29) is 18.1 Å². The lowest BCUT2D eigenvalue weighted by Crippen LogP contribution is -2.32. The maximum atomic E-state index is 12.9. The Bertz CT molecular complexity index is 1150. The Morgan fingerprint density at radius 1 is 0.620 bits per heavy atom. The van der Waals surface area contributed by atoms with Crippen LogP contribution in [0.15, 0.2) is 54.6 Å². The lowest BCUT2D eigenvalue weighted by Gasteiger charge is -2.15. The number of benzene rings is 2. The van der Waals surface area contributed by atoms with E-state index in [0.29, 0.717) is 37.3 Å². The molecule has 280 valence electrons. The van der Waals surface area contributed by atoms with Crippen molar-refractivity contribution in [2.45, 2.75) is 168 Å². The van der Waals surface area contributed by atoms with Crippen molar-refractivity contribution in [1.82, 2.24) is 5.32 Å². The molecule has 0 aliphatic rings. The molecule has 1 amide bonds. The van der Waals surface area contributed by atoms with Gasteiger partial charge in [-0.05, 0) is 24.8 Å². The average Bonchev–Trinajstić information content (AvgIpc) is 3.13. The molecule has 6 nitrogen and oxygen atoms in total. The minimum atomic E-state index is -0.882. The second-order valence-electron chi connectivity index (χ2n) is 14.2. The zero-order valence-electron chi connectivity index (χ0n) is 31.4. The van der Waals surface area contributed by atoms with E-state index < -0.39 is 11.9 Å². The number of ether oxygens (including phenoxy) is 1. The molecule has 2 aromatic rings. The molecule has 1 unspecified atom stereocenters. The van der Waals surface area contributed by atoms with Gasteiger partial charge >= 0.3 is 5.97 Å². The molecule has 2 N–H and O–H groups in total. The van der Waals surface area contributed by atoms with Crippen molar-refractivity contribution in [2.75, 3.05) is 13.2 Å². The first-order valence-electron chi connectivity index (χ1n) is 20.3. The predicted octanol–water partition coefficient (Wildman–Crippen LogP) is 11.6. The first-order valence-corrected chi connectivity index (χ1v) is 20.3. The van der Waals surface area contributed by atoms with Crippen molar-refractivity contribution >= 4 is 17.7 Å². The van der Waals surface area contributed by atoms with E-state index in [0.717, 1.165) is 44.1 Å². The molecule has 1 atom stereocenters. The van der Waals surface area contributed by atoms with Crippen LogP contribution in [0.2, 0.25) is 0 Å². The van der Waals surface area contributed by atoms with Crippen LogP contribution in [0, 0.1) is 5.92 Å². The van der Waals surface area contributed by atoms with Crippen LogP contribution in [0.3, 0.4) is 0 Å². The molecule has 0 aromatic heterocycles. The van der Waals surface area contributed by atoms with Gasteiger partial charge in [0.2, 0.25) is 5.91 Å². The molecule has 0 radical (unpaired) electrons. The molecular weight excluding hydrogens is 622 g/mol. The van der Waals surface area contributed by atoms with Crippen LogP contribution in [-0.4, -0.2) is 35.9 Å². The van der Waals surface area contributed by atoms with Gasteiger partial charge in [0.05, 0.1) is 13.0 Å². The van der Waals surface area contributed by atoms with Crippen LogP contribution in [-0.2, 0) is 20.9 Å². The van der Waals surface area contributed by atoms with E-state index in [1.54, 1.807) is 0 Å². The Balaban J connectivity index is 1.41. The van der Waals surface area contributed by atoms with E-state index in [4.69, 9.17) is 4.74 Å². The van der Waals surface area contributed by atoms with Gasteiger partial charge in [-0.15, -0.1) is 0 Å². The van der Waals surface area contributed by atoms with Gasteiger partial charge in [0.25, 0.3) is 0 Å². The summed E-state index contributed by atoms with van der Waals surface area (Å²) in [7, 11) is 0. The standard InChI is InChI=1S/C44H69NO5/c1-2-3-4-5-6-7-8-9-12-15-18-22-31-39(36-42(46)47)44(49)45-34-27-19-16-13-10-11-14-17-20-28-35-50-37-40-32-25-26-33-41(40)43(48)38-29-23-21-24-30-38/h21,23-26,29-30,32-33,39H,2-20,22,27-28,31,34-37H2,1H3,(H,45,49)(H,46,47). The molecule has 0 fully saturated rings. The van der Waals surface area contributed by atoms with E-state index in [1.807, 2.05) is 54.6 Å². The van der Waals surface area contributed by atoms with Crippen LogP contribution < -0.4 is 5.32 Å². The Hall–Kier alpha value is -2.99. The van der Waals surface area contributed by atoms with E-state index in [2.05, 4.69) is 12.2 Å². The Morgan fingerprint density at radius 3 is 1.70 bits per heavy atom. The zero-order valence-corrected chi connectivity index (χ0v) is 31.4. The largest absolute Gasteiger partial charge is 0.481 e. The van der Waals surface area contributed by atoms with Crippen molar-refractivity contribution in [3.63, 3.8) is 0 Å². The first-order chi connectivity index (χ1) is 24.5. The van der Waals surface area contributed by atoms with Crippen LogP contribution in [0.4, 0.5) is 0 Å². The number of rotatable bonds is 33. The molecule has 0 aliphatic heterocycles. The summed E-state index contributed by atoms with van der Waals surface area (Å²) < 4.78 is 5.93. The SMILES string of the molecule is CCCCCCCCCCCCCCC(CC(=O)O)C(=O)NCCCCCCCCCCCCOCc1ccccc1C(=O)c1ccccc1. The van der Waals surface area contributed by atoms with Crippen molar-refractivity contribution < 1.29 is 24.2 Å². The van der Waals surface area contributed by atoms with Crippen molar-refractivity contribution in [3.05, 3.63) is 71.3 Å². The highest BCUT2D eigenvalue weighted by Crippen LogP contribution is 2.19. The summed E-state index contributed by atoms with van der Waals surface area (Å²) in [5, 5.41) is 12.3. The van der Waals surface area contributed by atoms with Gasteiger partial charge in [0.15, 0.2) is 5.78 Å². The average molecular weight is 692 g/mol. The third kappa shape index (κ3) is 21.3. The molecule has 6 heteroatoms.